The Morgan fingerprint density at radius 1 is 0.657 bits per heavy atom. The minimum atomic E-state index is -4.72. The van der Waals surface area contributed by atoms with E-state index in [0.29, 0.717) is 50.2 Å². The zero-order chi connectivity index (χ0) is 48.7. The Labute approximate surface area is 406 Å². The van der Waals surface area contributed by atoms with Crippen LogP contribution in [0.15, 0.2) is 106 Å². The van der Waals surface area contributed by atoms with Gasteiger partial charge in [-0.3, -0.25) is 24.0 Å². The topological polar surface area (TPSA) is 128 Å². The summed E-state index contributed by atoms with van der Waals surface area (Å²) in [5, 5.41) is 21.9. The molecule has 0 bridgehead atoms. The van der Waals surface area contributed by atoms with Crippen LogP contribution in [0.1, 0.15) is 93.2 Å². The molecule has 0 radical (unpaired) electrons. The van der Waals surface area contributed by atoms with E-state index in [0.717, 1.165) is 55.8 Å². The van der Waals surface area contributed by atoms with Gasteiger partial charge in [0.1, 0.15) is 21.4 Å². The summed E-state index contributed by atoms with van der Waals surface area (Å²) in [7, 11) is 0. The molecule has 0 spiro atoms. The molecule has 13 nitrogen and oxygen atoms in total. The molecule has 0 N–H and O–H groups in total. The minimum Gasteiger partial charge on any atom is -0.387 e. The maximum Gasteiger partial charge on any atom is 0.435 e. The normalized spacial score (nSPS) is 20.1. The van der Waals surface area contributed by atoms with Gasteiger partial charge in [-0.1, -0.05) is 83.1 Å². The van der Waals surface area contributed by atoms with Gasteiger partial charge in [0.15, 0.2) is 29.4 Å². The van der Waals surface area contributed by atoms with Crippen molar-refractivity contribution in [1.82, 2.24) is 39.3 Å². The van der Waals surface area contributed by atoms with Crippen molar-refractivity contribution in [2.45, 2.75) is 89.3 Å². The molecule has 4 aromatic heterocycles. The van der Waals surface area contributed by atoms with E-state index in [2.05, 4.69) is 20.5 Å². The van der Waals surface area contributed by atoms with Crippen LogP contribution in [0.25, 0.3) is 11.1 Å². The lowest BCUT2D eigenvalue weighted by atomic mass is 9.97. The van der Waals surface area contributed by atoms with Crippen LogP contribution in [0.2, 0.25) is 0 Å². The standard InChI is InChI=1S/C49H46F6N10O3S2/c1-29-21-43(48(50,51)52)58-64(29)25-39(62-17-13-33(14-18-62)46-56-37(27-69-46)35-23-41(67-60-35)31-9-5-3-6-10-31)45(66)40(26-65-30(2)22-44(59-65)49(53,54)55)63-19-15-34(16-20-63)47-57-38(28-70-47)36-24-42(68-61-36)32-11-7-4-8-12-32/h3-13,15,21-22,27-28,39-42H,14,16-20,23-26H2,1-2H3. The summed E-state index contributed by atoms with van der Waals surface area (Å²) < 4.78 is 86.3. The summed E-state index contributed by atoms with van der Waals surface area (Å²) in [6.07, 6.45) is -3.89. The number of aromatic nitrogens is 6. The molecule has 21 heteroatoms. The van der Waals surface area contributed by atoms with Gasteiger partial charge in [0.2, 0.25) is 0 Å². The molecule has 10 rings (SSSR count). The highest BCUT2D eigenvalue weighted by Gasteiger charge is 2.41. The smallest absolute Gasteiger partial charge is 0.387 e. The maximum atomic E-state index is 15.4. The van der Waals surface area contributed by atoms with Gasteiger partial charge in [-0.2, -0.15) is 36.5 Å². The number of rotatable bonds is 14. The maximum absolute atomic E-state index is 15.4. The van der Waals surface area contributed by atoms with Gasteiger partial charge >= 0.3 is 12.4 Å². The molecule has 0 saturated carbocycles. The molecule has 6 aromatic rings. The van der Waals surface area contributed by atoms with Gasteiger partial charge in [-0.15, -0.1) is 22.7 Å². The minimum absolute atomic E-state index is 0.204. The second kappa shape index (κ2) is 19.5. The Morgan fingerprint density at radius 3 is 1.43 bits per heavy atom. The molecule has 8 heterocycles. The Balaban J connectivity index is 0.911. The lowest BCUT2D eigenvalue weighted by Crippen LogP contribution is -2.56. The number of nitrogens with zero attached hydrogens (tertiary/aromatic N) is 10. The molecule has 4 atom stereocenters. The third-order valence-corrected chi connectivity index (χ3v) is 14.9. The first kappa shape index (κ1) is 47.4. The van der Waals surface area contributed by atoms with Gasteiger partial charge in [0.25, 0.3) is 0 Å². The van der Waals surface area contributed by atoms with E-state index >= 15 is 4.79 Å². The summed E-state index contributed by atoms with van der Waals surface area (Å²) >= 11 is 2.92. The van der Waals surface area contributed by atoms with Crippen molar-refractivity contribution in [3.05, 3.63) is 151 Å². The van der Waals surface area contributed by atoms with Gasteiger partial charge in [0.05, 0.1) is 36.6 Å². The Morgan fingerprint density at radius 2 is 1.07 bits per heavy atom. The summed E-state index contributed by atoms with van der Waals surface area (Å²) in [5.41, 5.74) is 5.02. The molecule has 364 valence electrons. The summed E-state index contributed by atoms with van der Waals surface area (Å²) in [4.78, 5) is 40.5. The number of thiazole rings is 2. The highest BCUT2D eigenvalue weighted by atomic mass is 32.1. The second-order valence-electron chi connectivity index (χ2n) is 17.7. The van der Waals surface area contributed by atoms with E-state index in [1.54, 1.807) is 0 Å². The van der Waals surface area contributed by atoms with Gasteiger partial charge in [0, 0.05) is 61.2 Å². The Kier molecular flexibility index (Phi) is 13.2. The van der Waals surface area contributed by atoms with Crippen LogP contribution in [0.3, 0.4) is 0 Å². The quantitative estimate of drug-likeness (QED) is 0.0980. The monoisotopic (exact) mass is 1000 g/mol. The molecule has 4 aliphatic heterocycles. The molecule has 0 fully saturated rings. The number of oxime groups is 2. The lowest BCUT2D eigenvalue weighted by Gasteiger charge is -2.39. The SMILES string of the molecule is Cc1cc(C(F)(F)F)nn1CC(C(=O)C(Cn1nc(C(F)(F)F)cc1C)N1CC=C(c2nc(C3=NOC(c4ccccc4)C3)cs2)CC1)N1CC=C(c2nc(C3=NOC(c4ccccc4)C3)cs2)CC1. The average Bonchev–Trinajstić information content (AvgIpc) is 4.23. The summed E-state index contributed by atoms with van der Waals surface area (Å²) in [5.74, 6) is -0.381. The number of ketones is 1. The third-order valence-electron chi connectivity index (χ3n) is 13.1. The molecule has 4 aliphatic rings. The highest BCUT2D eigenvalue weighted by molar-refractivity contribution is 7.11. The van der Waals surface area contributed by atoms with Gasteiger partial charge in [-0.25, -0.2) is 9.97 Å². The van der Waals surface area contributed by atoms with Crippen molar-refractivity contribution >= 4 is 51.0 Å². The van der Waals surface area contributed by atoms with Crippen LogP contribution in [-0.4, -0.2) is 94.8 Å². The summed E-state index contributed by atoms with van der Waals surface area (Å²) in [6, 6.07) is 19.4. The van der Waals surface area contributed by atoms with E-state index < -0.39 is 35.8 Å². The predicted molar refractivity (Wildman–Crippen MR) is 252 cm³/mol. The predicted octanol–water partition coefficient (Wildman–Crippen LogP) is 9.96. The fourth-order valence-corrected chi connectivity index (χ4v) is 11.0. The lowest BCUT2D eigenvalue weighted by molar-refractivity contribution is -0.142. The summed E-state index contributed by atoms with van der Waals surface area (Å²) in [6.45, 7) is 3.71. The van der Waals surface area contributed by atoms with Crippen LogP contribution in [0.4, 0.5) is 26.3 Å². The van der Waals surface area contributed by atoms with Crippen molar-refractivity contribution in [2.75, 3.05) is 26.2 Å². The fourth-order valence-electron chi connectivity index (χ4n) is 9.17. The van der Waals surface area contributed by atoms with Crippen LogP contribution < -0.4 is 0 Å². The number of halogens is 6. The van der Waals surface area contributed by atoms with Crippen LogP contribution in [0.5, 0.6) is 0 Å². The van der Waals surface area contributed by atoms with Gasteiger partial charge in [-0.05, 0) is 61.1 Å². The van der Waals surface area contributed by atoms with Crippen molar-refractivity contribution in [1.29, 1.82) is 0 Å². The van der Waals surface area contributed by atoms with E-state index in [1.807, 2.05) is 93.4 Å². The Hall–Kier alpha value is -6.29. The average molecular weight is 1000 g/mol. The molecule has 0 aliphatic carbocycles. The molecular weight excluding hydrogens is 955 g/mol. The van der Waals surface area contributed by atoms with Crippen LogP contribution >= 0.6 is 22.7 Å². The largest absolute Gasteiger partial charge is 0.435 e. The first-order valence-corrected chi connectivity index (χ1v) is 24.5. The number of hydrogen-bond donors (Lipinski definition) is 0. The molecule has 0 saturated heterocycles. The molecule has 70 heavy (non-hydrogen) atoms. The van der Waals surface area contributed by atoms with Crippen LogP contribution in [0, 0.1) is 13.8 Å². The number of carbonyl (C=O) groups excluding carboxylic acids is 1. The highest BCUT2D eigenvalue weighted by Crippen LogP contribution is 2.36. The number of aryl methyl sites for hydroxylation is 2. The first-order chi connectivity index (χ1) is 33.6. The first-order valence-electron chi connectivity index (χ1n) is 22.8. The fraction of sp³-hybridized carbons (Fsp3) is 0.367. The van der Waals surface area contributed by atoms with Crippen molar-refractivity contribution in [3.63, 3.8) is 0 Å². The van der Waals surface area contributed by atoms with Crippen molar-refractivity contribution < 1.29 is 40.8 Å². The number of carbonyl (C=O) groups is 1. The zero-order valence-electron chi connectivity index (χ0n) is 37.9. The van der Waals surface area contributed by atoms with Crippen molar-refractivity contribution in [2.24, 2.45) is 10.3 Å². The molecular formula is C49H46F6N10O3S2. The number of hydrogen-bond acceptors (Lipinski definition) is 13. The number of alkyl halides is 6. The zero-order valence-corrected chi connectivity index (χ0v) is 39.5. The second-order valence-corrected chi connectivity index (χ2v) is 19.4. The molecule has 2 aromatic carbocycles. The van der Waals surface area contributed by atoms with E-state index in [9.17, 15) is 26.3 Å². The van der Waals surface area contributed by atoms with E-state index in [4.69, 9.17) is 19.6 Å². The molecule has 0 amide bonds. The van der Waals surface area contributed by atoms with Gasteiger partial charge < -0.3 is 9.68 Å². The third kappa shape index (κ3) is 10.1. The Bertz CT molecular complexity index is 2790. The van der Waals surface area contributed by atoms with E-state index in [1.165, 1.54) is 45.9 Å². The van der Waals surface area contributed by atoms with Crippen molar-refractivity contribution in [3.8, 4) is 0 Å². The number of Topliss-reactive ketones (excluding diaryl/α,β-unsaturated/α-hetero) is 1. The molecule has 4 unspecified atom stereocenters. The van der Waals surface area contributed by atoms with Crippen LogP contribution in [-0.2, 0) is 39.9 Å². The number of benzene rings is 2. The van der Waals surface area contributed by atoms with E-state index in [-0.39, 0.29) is 55.6 Å².